The first-order chi connectivity index (χ1) is 13.1. The molecule has 0 aliphatic carbocycles. The number of amides is 1. The van der Waals surface area contributed by atoms with E-state index in [4.69, 9.17) is 14.2 Å². The lowest BCUT2D eigenvalue weighted by Crippen LogP contribution is -2.45. The Kier molecular flexibility index (Phi) is 4.64. The molecule has 0 N–H and O–H groups in total. The number of piperidine rings is 1. The molecule has 0 saturated carbocycles. The summed E-state index contributed by atoms with van der Waals surface area (Å²) >= 11 is 0. The maximum Gasteiger partial charge on any atom is 0.259 e. The number of ether oxygens (including phenoxy) is 3. The minimum atomic E-state index is -0.0171. The van der Waals surface area contributed by atoms with Crippen LogP contribution in [0.3, 0.4) is 0 Å². The van der Waals surface area contributed by atoms with Gasteiger partial charge < -0.3 is 19.1 Å². The van der Waals surface area contributed by atoms with Crippen molar-refractivity contribution in [3.05, 3.63) is 47.7 Å². The molecule has 2 aliphatic rings. The Balaban J connectivity index is 1.50. The number of benzene rings is 1. The number of carbonyl (C=O) groups excluding carboxylic acids is 1. The number of carbonyl (C=O) groups is 1. The van der Waals surface area contributed by atoms with Gasteiger partial charge in [-0.1, -0.05) is 13.0 Å². The molecule has 1 fully saturated rings. The Labute approximate surface area is 159 Å². The number of pyridine rings is 1. The molecule has 2 aromatic rings. The standard InChI is InChI=1S/C21H24N2O4/c1-21(12-15-6-7-17-18(11-15)27-14-26-17)8-4-10-23(13-21)20(24)16-5-3-9-22-19(16)25-2/h3,5-7,9,11H,4,8,10,12-14H2,1-2H3/t21-/m1/s1. The van der Waals surface area contributed by atoms with E-state index in [0.717, 1.165) is 37.3 Å². The fraction of sp³-hybridized carbons (Fsp3) is 0.429. The summed E-state index contributed by atoms with van der Waals surface area (Å²) in [6, 6.07) is 9.65. The molecule has 6 heteroatoms. The number of rotatable bonds is 4. The van der Waals surface area contributed by atoms with E-state index in [1.165, 1.54) is 5.56 Å². The van der Waals surface area contributed by atoms with Gasteiger partial charge in [-0.05, 0) is 54.5 Å². The zero-order valence-corrected chi connectivity index (χ0v) is 15.7. The summed E-state index contributed by atoms with van der Waals surface area (Å²) in [7, 11) is 1.54. The molecule has 0 spiro atoms. The monoisotopic (exact) mass is 368 g/mol. The summed E-state index contributed by atoms with van der Waals surface area (Å²) in [6.07, 6.45) is 4.58. The smallest absolute Gasteiger partial charge is 0.259 e. The van der Waals surface area contributed by atoms with Crippen LogP contribution in [0.25, 0.3) is 0 Å². The van der Waals surface area contributed by atoms with Crippen molar-refractivity contribution in [1.29, 1.82) is 0 Å². The van der Waals surface area contributed by atoms with Crippen LogP contribution in [0.2, 0.25) is 0 Å². The Hall–Kier alpha value is -2.76. The van der Waals surface area contributed by atoms with E-state index in [1.807, 2.05) is 11.0 Å². The summed E-state index contributed by atoms with van der Waals surface area (Å²) in [6.45, 7) is 3.99. The summed E-state index contributed by atoms with van der Waals surface area (Å²) in [5.74, 6) is 1.97. The van der Waals surface area contributed by atoms with Crippen molar-refractivity contribution in [2.45, 2.75) is 26.2 Å². The number of aromatic nitrogens is 1. The highest BCUT2D eigenvalue weighted by Crippen LogP contribution is 2.38. The van der Waals surface area contributed by atoms with Crippen LogP contribution in [-0.2, 0) is 6.42 Å². The second-order valence-electron chi connectivity index (χ2n) is 7.57. The van der Waals surface area contributed by atoms with Gasteiger partial charge in [-0.3, -0.25) is 4.79 Å². The van der Waals surface area contributed by atoms with Crippen LogP contribution in [0.1, 0.15) is 35.7 Å². The van der Waals surface area contributed by atoms with Crippen molar-refractivity contribution < 1.29 is 19.0 Å². The van der Waals surface area contributed by atoms with Crippen molar-refractivity contribution in [2.24, 2.45) is 5.41 Å². The second-order valence-corrected chi connectivity index (χ2v) is 7.57. The van der Waals surface area contributed by atoms with Gasteiger partial charge in [-0.2, -0.15) is 0 Å². The molecule has 142 valence electrons. The van der Waals surface area contributed by atoms with Crippen LogP contribution >= 0.6 is 0 Å². The highest BCUT2D eigenvalue weighted by Gasteiger charge is 2.34. The van der Waals surface area contributed by atoms with Crippen molar-refractivity contribution in [3.8, 4) is 17.4 Å². The molecule has 2 aliphatic heterocycles. The maximum atomic E-state index is 13.0. The van der Waals surface area contributed by atoms with E-state index in [2.05, 4.69) is 24.0 Å². The fourth-order valence-electron chi connectivity index (χ4n) is 4.06. The van der Waals surface area contributed by atoms with Crippen molar-refractivity contribution in [1.82, 2.24) is 9.88 Å². The Morgan fingerprint density at radius 3 is 3.00 bits per heavy atom. The summed E-state index contributed by atoms with van der Waals surface area (Å²) < 4.78 is 16.2. The maximum absolute atomic E-state index is 13.0. The van der Waals surface area contributed by atoms with Gasteiger partial charge in [0.25, 0.3) is 5.91 Å². The average molecular weight is 368 g/mol. The van der Waals surface area contributed by atoms with E-state index in [-0.39, 0.29) is 18.1 Å². The molecule has 3 heterocycles. The molecule has 1 atom stereocenters. The molecular formula is C21H24N2O4. The number of methoxy groups -OCH3 is 1. The van der Waals surface area contributed by atoms with Gasteiger partial charge in [0.1, 0.15) is 5.56 Å². The molecule has 6 nitrogen and oxygen atoms in total. The number of nitrogens with zero attached hydrogens (tertiary/aromatic N) is 2. The highest BCUT2D eigenvalue weighted by molar-refractivity contribution is 5.96. The summed E-state index contributed by atoms with van der Waals surface area (Å²) in [5.41, 5.74) is 1.74. The SMILES string of the molecule is COc1ncccc1C(=O)N1CCC[C@](C)(Cc2ccc3c(c2)OCO3)C1. The quantitative estimate of drug-likeness (QED) is 0.829. The zero-order valence-electron chi connectivity index (χ0n) is 15.7. The Morgan fingerprint density at radius 1 is 1.30 bits per heavy atom. The third-order valence-electron chi connectivity index (χ3n) is 5.33. The van der Waals surface area contributed by atoms with Gasteiger partial charge in [0.15, 0.2) is 11.5 Å². The van der Waals surface area contributed by atoms with Gasteiger partial charge >= 0.3 is 0 Å². The molecule has 4 rings (SSSR count). The van der Waals surface area contributed by atoms with Crippen LogP contribution in [0.15, 0.2) is 36.5 Å². The lowest BCUT2D eigenvalue weighted by molar-refractivity contribution is 0.0546. The molecule has 0 bridgehead atoms. The third-order valence-corrected chi connectivity index (χ3v) is 5.33. The van der Waals surface area contributed by atoms with Crippen LogP contribution in [-0.4, -0.2) is 42.8 Å². The van der Waals surface area contributed by atoms with E-state index in [1.54, 1.807) is 25.4 Å². The summed E-state index contributed by atoms with van der Waals surface area (Å²) in [4.78, 5) is 19.1. The minimum Gasteiger partial charge on any atom is -0.480 e. The first-order valence-corrected chi connectivity index (χ1v) is 9.25. The lowest BCUT2D eigenvalue weighted by Gasteiger charge is -2.41. The van der Waals surface area contributed by atoms with Crippen molar-refractivity contribution in [3.63, 3.8) is 0 Å². The normalized spacial score (nSPS) is 21.2. The number of likely N-dealkylation sites (tertiary alicyclic amines) is 1. The highest BCUT2D eigenvalue weighted by atomic mass is 16.7. The lowest BCUT2D eigenvalue weighted by atomic mass is 9.76. The molecule has 1 saturated heterocycles. The number of hydrogen-bond donors (Lipinski definition) is 0. The first kappa shape index (κ1) is 17.6. The van der Waals surface area contributed by atoms with Gasteiger partial charge in [0.05, 0.1) is 7.11 Å². The van der Waals surface area contributed by atoms with E-state index >= 15 is 0 Å². The van der Waals surface area contributed by atoms with Crippen LogP contribution in [0, 0.1) is 5.41 Å². The molecule has 1 amide bonds. The van der Waals surface area contributed by atoms with E-state index in [9.17, 15) is 4.79 Å². The van der Waals surface area contributed by atoms with Crippen LogP contribution in [0.4, 0.5) is 0 Å². The molecule has 27 heavy (non-hydrogen) atoms. The van der Waals surface area contributed by atoms with Gasteiger partial charge in [-0.25, -0.2) is 4.98 Å². The van der Waals surface area contributed by atoms with Crippen LogP contribution in [0.5, 0.6) is 17.4 Å². The van der Waals surface area contributed by atoms with Crippen LogP contribution < -0.4 is 14.2 Å². The topological polar surface area (TPSA) is 60.9 Å². The predicted octanol–water partition coefficient (Wildman–Crippen LogP) is 3.30. The molecule has 0 unspecified atom stereocenters. The van der Waals surface area contributed by atoms with Crippen molar-refractivity contribution >= 4 is 5.91 Å². The van der Waals surface area contributed by atoms with Crippen molar-refractivity contribution in [2.75, 3.05) is 27.0 Å². The number of hydrogen-bond acceptors (Lipinski definition) is 5. The first-order valence-electron chi connectivity index (χ1n) is 9.25. The average Bonchev–Trinajstić information content (AvgIpc) is 3.15. The fourth-order valence-corrected chi connectivity index (χ4v) is 4.06. The summed E-state index contributed by atoms with van der Waals surface area (Å²) in [5, 5.41) is 0. The van der Waals surface area contributed by atoms with Gasteiger partial charge in [0, 0.05) is 19.3 Å². The zero-order chi connectivity index (χ0) is 18.9. The Morgan fingerprint density at radius 2 is 2.15 bits per heavy atom. The largest absolute Gasteiger partial charge is 0.480 e. The van der Waals surface area contributed by atoms with E-state index in [0.29, 0.717) is 18.0 Å². The van der Waals surface area contributed by atoms with E-state index < -0.39 is 0 Å². The predicted molar refractivity (Wildman–Crippen MR) is 100 cm³/mol. The minimum absolute atomic E-state index is 0.0110. The molecular weight excluding hydrogens is 344 g/mol. The molecule has 1 aromatic heterocycles. The number of fused-ring (bicyclic) bond motifs is 1. The Bertz CT molecular complexity index is 854. The van der Waals surface area contributed by atoms with Gasteiger partial charge in [-0.15, -0.1) is 0 Å². The second kappa shape index (κ2) is 7.10. The third kappa shape index (κ3) is 3.56. The molecule has 1 aromatic carbocycles. The molecule has 0 radical (unpaired) electrons. The van der Waals surface area contributed by atoms with Gasteiger partial charge in [0.2, 0.25) is 12.7 Å².